The van der Waals surface area contributed by atoms with Gasteiger partial charge in [-0.25, -0.2) is 0 Å². The highest BCUT2D eigenvalue weighted by Gasteiger charge is 2.34. The minimum atomic E-state index is -4.82. The zero-order valence-corrected chi connectivity index (χ0v) is 16.0. The molecule has 3 rings (SSSR count). The van der Waals surface area contributed by atoms with Gasteiger partial charge in [-0.2, -0.15) is 18.2 Å². The summed E-state index contributed by atoms with van der Waals surface area (Å²) in [5.41, 5.74) is -2.17. The molecule has 29 heavy (non-hydrogen) atoms. The molecule has 0 atom stereocenters. The number of anilines is 1. The van der Waals surface area contributed by atoms with E-state index in [9.17, 15) is 28.1 Å². The van der Waals surface area contributed by atoms with Gasteiger partial charge >= 0.3 is 6.18 Å². The van der Waals surface area contributed by atoms with E-state index in [0.29, 0.717) is 24.4 Å². The lowest BCUT2D eigenvalue weighted by Crippen LogP contribution is -2.20. The third kappa shape index (κ3) is 4.29. The number of rotatable bonds is 5. The molecule has 1 aromatic heterocycles. The van der Waals surface area contributed by atoms with E-state index in [0.717, 1.165) is 16.9 Å². The van der Waals surface area contributed by atoms with Crippen LogP contribution in [0.25, 0.3) is 10.1 Å². The quantitative estimate of drug-likeness (QED) is 0.449. The smallest absolute Gasteiger partial charge is 0.416 e. The van der Waals surface area contributed by atoms with Gasteiger partial charge in [0.05, 0.1) is 23.0 Å². The minimum Gasteiger partial charge on any atom is -0.497 e. The first-order valence-electron chi connectivity index (χ1n) is 8.14. The summed E-state index contributed by atoms with van der Waals surface area (Å²) in [4.78, 5) is 28.2. The van der Waals surface area contributed by atoms with E-state index in [4.69, 9.17) is 4.74 Å². The maximum absolute atomic E-state index is 13.0. The van der Waals surface area contributed by atoms with Crippen LogP contribution >= 0.6 is 11.3 Å². The lowest BCUT2D eigenvalue weighted by molar-refractivity contribution is -0.383. The summed E-state index contributed by atoms with van der Waals surface area (Å²) < 4.78 is 44.1. The van der Waals surface area contributed by atoms with Crippen LogP contribution in [0.2, 0.25) is 0 Å². The van der Waals surface area contributed by atoms with Gasteiger partial charge in [0.15, 0.2) is 5.13 Å². The second kappa shape index (κ2) is 7.66. The van der Waals surface area contributed by atoms with E-state index in [1.54, 1.807) is 30.1 Å². The Labute approximate surface area is 166 Å². The third-order valence-electron chi connectivity index (χ3n) is 4.09. The molecular formula is C18H14F3N3O4S. The molecular weight excluding hydrogens is 411 g/mol. The number of alkyl halides is 3. The first kappa shape index (κ1) is 20.5. The summed E-state index contributed by atoms with van der Waals surface area (Å²) in [5, 5.41) is 11.1. The monoisotopic (exact) mass is 425 g/mol. The van der Waals surface area contributed by atoms with Gasteiger partial charge in [0.1, 0.15) is 10.4 Å². The Morgan fingerprint density at radius 3 is 2.62 bits per heavy atom. The predicted octanol–water partition coefficient (Wildman–Crippen LogP) is 4.23. The average molecular weight is 425 g/mol. The number of hydrogen-bond acceptors (Lipinski definition) is 7. The van der Waals surface area contributed by atoms with Crippen molar-refractivity contribution in [2.24, 2.45) is 0 Å². The van der Waals surface area contributed by atoms with Crippen LogP contribution in [0.1, 0.15) is 11.1 Å². The summed E-state index contributed by atoms with van der Waals surface area (Å²) in [6.45, 7) is 0.306. The number of halogens is 3. The molecule has 0 fully saturated rings. The van der Waals surface area contributed by atoms with Gasteiger partial charge in [0.25, 0.3) is 11.2 Å². The van der Waals surface area contributed by atoms with Crippen LogP contribution in [0.15, 0.2) is 41.2 Å². The Bertz CT molecular complexity index is 1150. The topological polar surface area (TPSA) is 85.6 Å². The van der Waals surface area contributed by atoms with Crippen LogP contribution < -0.4 is 15.2 Å². The van der Waals surface area contributed by atoms with Crippen molar-refractivity contribution in [1.29, 1.82) is 0 Å². The van der Waals surface area contributed by atoms with Gasteiger partial charge in [-0.15, -0.1) is 0 Å². The van der Waals surface area contributed by atoms with Crippen molar-refractivity contribution in [3.05, 3.63) is 68.0 Å². The van der Waals surface area contributed by atoms with Crippen LogP contribution in [-0.2, 0) is 12.7 Å². The number of nitrogens with zero attached hydrogens (tertiary/aromatic N) is 3. The van der Waals surface area contributed by atoms with Crippen LogP contribution in [0.4, 0.5) is 24.0 Å². The molecule has 2 aromatic carbocycles. The lowest BCUT2D eigenvalue weighted by atomic mass is 10.1. The van der Waals surface area contributed by atoms with Gasteiger partial charge in [0, 0.05) is 19.7 Å². The maximum atomic E-state index is 13.0. The number of methoxy groups -OCH3 is 1. The first-order valence-corrected chi connectivity index (χ1v) is 8.96. The largest absolute Gasteiger partial charge is 0.497 e. The fourth-order valence-electron chi connectivity index (χ4n) is 2.72. The molecule has 3 aromatic rings. The van der Waals surface area contributed by atoms with Gasteiger partial charge in [-0.1, -0.05) is 23.5 Å². The molecule has 0 N–H and O–H groups in total. The number of nitro benzene ring substituents is 1. The number of benzene rings is 2. The van der Waals surface area contributed by atoms with Crippen LogP contribution in [0.5, 0.6) is 5.75 Å². The minimum absolute atomic E-state index is 0.146. The molecule has 1 heterocycles. The number of ether oxygens (including phenoxy) is 1. The van der Waals surface area contributed by atoms with Gasteiger partial charge in [-0.05, 0) is 23.8 Å². The van der Waals surface area contributed by atoms with Crippen molar-refractivity contribution in [3.8, 4) is 5.75 Å². The lowest BCUT2D eigenvalue weighted by Gasteiger charge is -2.18. The molecule has 0 aliphatic rings. The van der Waals surface area contributed by atoms with E-state index in [-0.39, 0.29) is 9.83 Å². The second-order valence-corrected chi connectivity index (χ2v) is 7.11. The standard InChI is InChI=1S/C18H14F3N3O4S/c1-23(9-10-4-3-5-12(6-10)28-2)17-22-16(25)13-7-11(18(19,20)21)8-14(24(26)27)15(13)29-17/h3-8H,9H2,1-2H3. The molecule has 0 unspecified atom stereocenters. The van der Waals surface area contributed by atoms with E-state index in [2.05, 4.69) is 4.98 Å². The van der Waals surface area contributed by atoms with Crippen molar-refractivity contribution in [3.63, 3.8) is 0 Å². The summed E-state index contributed by atoms with van der Waals surface area (Å²) in [6, 6.07) is 8.17. The first-order chi connectivity index (χ1) is 13.6. The second-order valence-electron chi connectivity index (χ2n) is 6.14. The van der Waals surface area contributed by atoms with Crippen LogP contribution in [0.3, 0.4) is 0 Å². The number of hydrogen-bond donors (Lipinski definition) is 0. The summed E-state index contributed by atoms with van der Waals surface area (Å²) in [6.07, 6.45) is -4.82. The molecule has 0 saturated carbocycles. The van der Waals surface area contributed by atoms with Crippen molar-refractivity contribution in [1.82, 2.24) is 4.98 Å². The van der Waals surface area contributed by atoms with Crippen molar-refractivity contribution < 1.29 is 22.8 Å². The molecule has 11 heteroatoms. The fourth-order valence-corrected chi connectivity index (χ4v) is 3.74. The Morgan fingerprint density at radius 2 is 2.00 bits per heavy atom. The number of fused-ring (bicyclic) bond motifs is 1. The zero-order chi connectivity index (χ0) is 21.3. The molecule has 0 spiro atoms. The predicted molar refractivity (Wildman–Crippen MR) is 103 cm³/mol. The number of nitro groups is 1. The molecule has 0 radical (unpaired) electrons. The van der Waals surface area contributed by atoms with Crippen LogP contribution in [0, 0.1) is 10.1 Å². The van der Waals surface area contributed by atoms with Crippen molar-refractivity contribution in [2.75, 3.05) is 19.1 Å². The van der Waals surface area contributed by atoms with Crippen molar-refractivity contribution in [2.45, 2.75) is 12.7 Å². The molecule has 0 bridgehead atoms. The van der Waals surface area contributed by atoms with E-state index in [1.807, 2.05) is 6.07 Å². The van der Waals surface area contributed by atoms with Gasteiger partial charge in [0.2, 0.25) is 0 Å². The Kier molecular flexibility index (Phi) is 5.42. The van der Waals surface area contributed by atoms with Gasteiger partial charge < -0.3 is 9.64 Å². The molecule has 152 valence electrons. The summed E-state index contributed by atoms with van der Waals surface area (Å²) in [5.74, 6) is 0.630. The Hall–Kier alpha value is -3.21. The maximum Gasteiger partial charge on any atom is 0.416 e. The average Bonchev–Trinajstić information content (AvgIpc) is 2.66. The highest BCUT2D eigenvalue weighted by Crippen LogP contribution is 2.38. The zero-order valence-electron chi connectivity index (χ0n) is 15.2. The molecule has 0 amide bonds. The number of aromatic nitrogens is 1. The molecule has 0 saturated heterocycles. The fraction of sp³-hybridized carbons (Fsp3) is 0.222. The highest BCUT2D eigenvalue weighted by molar-refractivity contribution is 7.22. The van der Waals surface area contributed by atoms with E-state index >= 15 is 0 Å². The Morgan fingerprint density at radius 1 is 1.28 bits per heavy atom. The Balaban J connectivity index is 2.09. The van der Waals surface area contributed by atoms with Crippen LogP contribution in [-0.4, -0.2) is 24.1 Å². The highest BCUT2D eigenvalue weighted by atomic mass is 32.1. The summed E-state index contributed by atoms with van der Waals surface area (Å²) in [7, 11) is 3.15. The molecule has 0 aliphatic heterocycles. The number of non-ortho nitro benzene ring substituents is 1. The normalized spacial score (nSPS) is 11.5. The summed E-state index contributed by atoms with van der Waals surface area (Å²) >= 11 is 0.787. The van der Waals surface area contributed by atoms with E-state index < -0.39 is 33.3 Å². The van der Waals surface area contributed by atoms with Gasteiger partial charge in [-0.3, -0.25) is 14.9 Å². The van der Waals surface area contributed by atoms with Crippen molar-refractivity contribution >= 4 is 32.2 Å². The van der Waals surface area contributed by atoms with E-state index in [1.165, 1.54) is 7.11 Å². The third-order valence-corrected chi connectivity index (χ3v) is 5.31. The molecule has 7 nitrogen and oxygen atoms in total. The SMILES string of the molecule is COc1cccc(CN(C)c2nc(=O)c3cc(C(F)(F)F)cc([N+](=O)[O-])c3s2)c1. The molecule has 0 aliphatic carbocycles.